The molecule has 0 saturated heterocycles. The van der Waals surface area contributed by atoms with E-state index in [1.807, 2.05) is 0 Å². The molecule has 2 aromatic rings. The first-order valence-electron chi connectivity index (χ1n) is 6.01. The lowest BCUT2D eigenvalue weighted by molar-refractivity contribution is 0.0985. The zero-order chi connectivity index (χ0) is 14.1. The Morgan fingerprint density at radius 2 is 2.10 bits per heavy atom. The summed E-state index contributed by atoms with van der Waals surface area (Å²) in [5, 5.41) is 3.26. The number of fused-ring (bicyclic) bond motifs is 1. The summed E-state index contributed by atoms with van der Waals surface area (Å²) >= 11 is 9.00. The van der Waals surface area contributed by atoms with Gasteiger partial charge in [0.1, 0.15) is 0 Å². The van der Waals surface area contributed by atoms with Gasteiger partial charge in [0.05, 0.1) is 19.8 Å². The van der Waals surface area contributed by atoms with Gasteiger partial charge in [-0.2, -0.15) is 0 Å². The minimum Gasteiger partial charge on any atom is -0.320 e. The zero-order valence-corrected chi connectivity index (χ0v) is 12.7. The Hall–Kier alpha value is -1.30. The fourth-order valence-corrected chi connectivity index (χ4v) is 4.45. The quantitative estimate of drug-likeness (QED) is 0.894. The molecule has 20 heavy (non-hydrogen) atoms. The maximum Gasteiger partial charge on any atom is 0.265 e. The van der Waals surface area contributed by atoms with Gasteiger partial charge in [-0.25, -0.2) is 0 Å². The summed E-state index contributed by atoms with van der Waals surface area (Å²) in [6.07, 6.45) is 0.542. The third-order valence-electron chi connectivity index (χ3n) is 2.91. The molecule has 6 heteroatoms. The van der Waals surface area contributed by atoms with E-state index in [1.165, 1.54) is 11.3 Å². The number of carbonyl (C=O) groups is 2. The number of rotatable bonds is 2. The summed E-state index contributed by atoms with van der Waals surface area (Å²) in [5.41, 5.74) is 1.25. The van der Waals surface area contributed by atoms with Crippen molar-refractivity contribution in [3.63, 3.8) is 0 Å². The number of hydrogen-bond donors (Lipinski definition) is 1. The Bertz CT molecular complexity index is 696. The first kappa shape index (κ1) is 13.7. The van der Waals surface area contributed by atoms with Crippen LogP contribution in [0.3, 0.4) is 0 Å². The van der Waals surface area contributed by atoms with Crippen molar-refractivity contribution < 1.29 is 9.59 Å². The van der Waals surface area contributed by atoms with E-state index in [2.05, 4.69) is 5.32 Å². The van der Waals surface area contributed by atoms with Gasteiger partial charge in [0, 0.05) is 17.7 Å². The smallest absolute Gasteiger partial charge is 0.265 e. The van der Waals surface area contributed by atoms with E-state index in [1.54, 1.807) is 42.1 Å². The van der Waals surface area contributed by atoms with Crippen LogP contribution in [0.1, 0.15) is 26.5 Å². The number of thiophene rings is 1. The molecule has 1 N–H and O–H groups in total. The summed E-state index contributed by atoms with van der Waals surface area (Å²) in [4.78, 5) is 24.5. The Morgan fingerprint density at radius 3 is 2.85 bits per heavy atom. The predicted molar refractivity (Wildman–Crippen MR) is 83.4 cm³/mol. The molecule has 3 nitrogen and oxygen atoms in total. The first-order valence-corrected chi connectivity index (χ1v) is 8.19. The van der Waals surface area contributed by atoms with Crippen LogP contribution in [-0.4, -0.2) is 17.4 Å². The van der Waals surface area contributed by atoms with Gasteiger partial charge in [-0.15, -0.1) is 23.1 Å². The molecule has 3 rings (SSSR count). The fourth-order valence-electron chi connectivity index (χ4n) is 1.91. The van der Waals surface area contributed by atoms with E-state index < -0.39 is 0 Å². The SMILES string of the molecule is O=C(Nc1ccccc1Cl)c1cc2c(s1)SCCC2=O. The molecular formula is C14H10ClNO2S2. The molecule has 2 heterocycles. The van der Waals surface area contributed by atoms with Crippen LogP contribution in [0.4, 0.5) is 5.69 Å². The van der Waals surface area contributed by atoms with Gasteiger partial charge < -0.3 is 5.32 Å². The standard InChI is InChI=1S/C14H10ClNO2S2/c15-9-3-1-2-4-10(9)16-13(18)12-7-8-11(17)5-6-19-14(8)20-12/h1-4,7H,5-6H2,(H,16,18). The van der Waals surface area contributed by atoms with Gasteiger partial charge in [0.25, 0.3) is 5.91 Å². The van der Waals surface area contributed by atoms with Crippen LogP contribution < -0.4 is 5.32 Å². The number of anilines is 1. The molecule has 1 aromatic heterocycles. The highest BCUT2D eigenvalue weighted by molar-refractivity contribution is 8.01. The van der Waals surface area contributed by atoms with Crippen LogP contribution in [0, 0.1) is 0 Å². The van der Waals surface area contributed by atoms with Crippen LogP contribution in [0.25, 0.3) is 0 Å². The van der Waals surface area contributed by atoms with Crippen molar-refractivity contribution in [3.05, 3.63) is 45.8 Å². The minimum atomic E-state index is -0.231. The highest BCUT2D eigenvalue weighted by Crippen LogP contribution is 2.37. The molecule has 1 aliphatic rings. The maximum atomic E-state index is 12.2. The molecule has 0 radical (unpaired) electrons. The van der Waals surface area contributed by atoms with Crippen molar-refractivity contribution in [2.24, 2.45) is 0 Å². The van der Waals surface area contributed by atoms with Crippen LogP contribution in [0.15, 0.2) is 34.5 Å². The molecule has 0 spiro atoms. The molecule has 1 aromatic carbocycles. The number of thioether (sulfide) groups is 1. The average molecular weight is 324 g/mol. The third-order valence-corrected chi connectivity index (χ3v) is 5.66. The number of Topliss-reactive ketones (excluding diaryl/α,β-unsaturated/α-hetero) is 1. The Morgan fingerprint density at radius 1 is 1.30 bits per heavy atom. The lowest BCUT2D eigenvalue weighted by atomic mass is 10.1. The van der Waals surface area contributed by atoms with Crippen molar-refractivity contribution >= 4 is 52.1 Å². The third kappa shape index (κ3) is 2.61. The van der Waals surface area contributed by atoms with Crippen molar-refractivity contribution in [2.75, 3.05) is 11.1 Å². The van der Waals surface area contributed by atoms with E-state index in [0.717, 1.165) is 9.96 Å². The number of hydrogen-bond acceptors (Lipinski definition) is 4. The van der Waals surface area contributed by atoms with Gasteiger partial charge in [-0.05, 0) is 18.2 Å². The molecule has 0 atom stereocenters. The van der Waals surface area contributed by atoms with Crippen molar-refractivity contribution in [1.29, 1.82) is 0 Å². The second-order valence-corrected chi connectivity index (χ2v) is 7.09. The molecule has 1 aliphatic heterocycles. The molecule has 0 unspecified atom stereocenters. The largest absolute Gasteiger partial charge is 0.320 e. The monoisotopic (exact) mass is 323 g/mol. The van der Waals surface area contributed by atoms with Crippen LogP contribution in [0.5, 0.6) is 0 Å². The molecule has 0 bridgehead atoms. The van der Waals surface area contributed by atoms with Gasteiger partial charge in [0.15, 0.2) is 5.78 Å². The highest BCUT2D eigenvalue weighted by Gasteiger charge is 2.23. The number of amides is 1. The van der Waals surface area contributed by atoms with Crippen molar-refractivity contribution in [3.8, 4) is 0 Å². The maximum absolute atomic E-state index is 12.2. The molecule has 102 valence electrons. The van der Waals surface area contributed by atoms with Crippen LogP contribution in [-0.2, 0) is 0 Å². The van der Waals surface area contributed by atoms with E-state index in [9.17, 15) is 9.59 Å². The molecule has 0 fully saturated rings. The summed E-state index contributed by atoms with van der Waals surface area (Å²) in [6.45, 7) is 0. The lowest BCUT2D eigenvalue weighted by Gasteiger charge is -2.07. The minimum absolute atomic E-state index is 0.117. The number of halogens is 1. The van der Waals surface area contributed by atoms with E-state index in [-0.39, 0.29) is 11.7 Å². The first-order chi connectivity index (χ1) is 9.65. The number of nitrogens with one attached hydrogen (secondary N) is 1. The summed E-state index contributed by atoms with van der Waals surface area (Å²) < 4.78 is 0.936. The Balaban J connectivity index is 1.85. The van der Waals surface area contributed by atoms with Gasteiger partial charge in [-0.3, -0.25) is 9.59 Å². The molecule has 0 saturated carbocycles. The van der Waals surface area contributed by atoms with E-state index in [0.29, 0.717) is 27.6 Å². The summed E-state index contributed by atoms with van der Waals surface area (Å²) in [5.74, 6) is 0.676. The van der Waals surface area contributed by atoms with Gasteiger partial charge >= 0.3 is 0 Å². The van der Waals surface area contributed by atoms with Crippen molar-refractivity contribution in [2.45, 2.75) is 10.6 Å². The predicted octanol–water partition coefficient (Wildman–Crippen LogP) is 4.33. The topological polar surface area (TPSA) is 46.2 Å². The molecule has 1 amide bonds. The normalized spacial score (nSPS) is 13.9. The second-order valence-electron chi connectivity index (χ2n) is 4.27. The Kier molecular flexibility index (Phi) is 3.83. The average Bonchev–Trinajstić information content (AvgIpc) is 2.87. The number of benzene rings is 1. The number of para-hydroxylation sites is 1. The number of carbonyl (C=O) groups excluding carboxylic acids is 2. The fraction of sp³-hybridized carbons (Fsp3) is 0.143. The van der Waals surface area contributed by atoms with Gasteiger partial charge in [-0.1, -0.05) is 23.7 Å². The Labute approximate surface area is 129 Å². The summed E-state index contributed by atoms with van der Waals surface area (Å²) in [6, 6.07) is 8.75. The second kappa shape index (κ2) is 5.60. The van der Waals surface area contributed by atoms with Crippen molar-refractivity contribution in [1.82, 2.24) is 0 Å². The summed E-state index contributed by atoms with van der Waals surface area (Å²) in [7, 11) is 0. The lowest BCUT2D eigenvalue weighted by Crippen LogP contribution is -2.10. The van der Waals surface area contributed by atoms with E-state index in [4.69, 9.17) is 11.6 Å². The van der Waals surface area contributed by atoms with Gasteiger partial charge in [0.2, 0.25) is 0 Å². The van der Waals surface area contributed by atoms with E-state index >= 15 is 0 Å². The van der Waals surface area contributed by atoms with Crippen LogP contribution in [0.2, 0.25) is 5.02 Å². The number of ketones is 1. The van der Waals surface area contributed by atoms with Crippen LogP contribution >= 0.6 is 34.7 Å². The highest BCUT2D eigenvalue weighted by atomic mass is 35.5. The molecular weight excluding hydrogens is 314 g/mol. The molecule has 0 aliphatic carbocycles. The zero-order valence-electron chi connectivity index (χ0n) is 10.3.